The molecule has 0 saturated carbocycles. The molecular weight excluding hydrogens is 413 g/mol. The van der Waals surface area contributed by atoms with E-state index in [1.54, 1.807) is 19.2 Å². The van der Waals surface area contributed by atoms with Crippen molar-refractivity contribution in [2.45, 2.75) is 25.1 Å². The maximum atomic E-state index is 13.3. The summed E-state index contributed by atoms with van der Waals surface area (Å²) in [7, 11) is 1.56. The standard InChI is InChI=1S/C22H19F3N2O4/c1-3-31-19(28)18-13-16(22(23,24)25)12-17(26-18)15-6-4-5-14(11-15)7-8-21(30)9-10-27(2)20(21)29/h4-6,11-13,30H,3,9-10H2,1-2H3/t21-/m0/s1. The van der Waals surface area contributed by atoms with Gasteiger partial charge in [0.2, 0.25) is 5.60 Å². The number of benzene rings is 1. The number of rotatable bonds is 3. The van der Waals surface area contributed by atoms with Crippen LogP contribution in [-0.4, -0.2) is 52.7 Å². The molecule has 0 unspecified atom stereocenters. The van der Waals surface area contributed by atoms with Crippen LogP contribution < -0.4 is 0 Å². The summed E-state index contributed by atoms with van der Waals surface area (Å²) in [6.07, 6.45) is -4.53. The summed E-state index contributed by atoms with van der Waals surface area (Å²) in [4.78, 5) is 29.4. The lowest BCUT2D eigenvalue weighted by Crippen LogP contribution is -2.37. The van der Waals surface area contributed by atoms with Gasteiger partial charge in [-0.25, -0.2) is 9.78 Å². The van der Waals surface area contributed by atoms with Crippen molar-refractivity contribution in [3.8, 4) is 23.1 Å². The first kappa shape index (κ1) is 22.3. The number of likely N-dealkylation sites (N-methyl/N-ethyl adjacent to an activating group) is 1. The molecule has 6 nitrogen and oxygen atoms in total. The van der Waals surface area contributed by atoms with Gasteiger partial charge >= 0.3 is 12.1 Å². The van der Waals surface area contributed by atoms with Gasteiger partial charge in [-0.3, -0.25) is 4.79 Å². The molecule has 0 aliphatic carbocycles. The van der Waals surface area contributed by atoms with Crippen molar-refractivity contribution in [1.82, 2.24) is 9.88 Å². The first-order valence-corrected chi connectivity index (χ1v) is 9.41. The Hall–Kier alpha value is -3.38. The Bertz CT molecular complexity index is 1090. The third kappa shape index (κ3) is 4.86. The van der Waals surface area contributed by atoms with Crippen molar-refractivity contribution in [3.05, 3.63) is 53.2 Å². The highest BCUT2D eigenvalue weighted by Gasteiger charge is 2.42. The SMILES string of the molecule is CCOC(=O)c1cc(C(F)(F)F)cc(-c2cccc(C#C[C@]3(O)CCN(C)C3=O)c2)n1. The Morgan fingerprint density at radius 2 is 2.06 bits per heavy atom. The fraction of sp³-hybridized carbons (Fsp3) is 0.318. The van der Waals surface area contributed by atoms with Crippen LogP contribution in [0, 0.1) is 11.8 Å². The minimum atomic E-state index is -4.69. The Labute approximate surface area is 176 Å². The van der Waals surface area contributed by atoms with Crippen molar-refractivity contribution in [1.29, 1.82) is 0 Å². The second-order valence-corrected chi connectivity index (χ2v) is 7.01. The molecule has 162 valence electrons. The van der Waals surface area contributed by atoms with E-state index in [9.17, 15) is 27.9 Å². The molecule has 1 N–H and O–H groups in total. The number of carbonyl (C=O) groups is 2. The Morgan fingerprint density at radius 3 is 2.68 bits per heavy atom. The zero-order valence-corrected chi connectivity index (χ0v) is 16.8. The first-order chi connectivity index (χ1) is 14.5. The molecule has 1 saturated heterocycles. The average molecular weight is 432 g/mol. The van der Waals surface area contributed by atoms with Gasteiger partial charge in [-0.1, -0.05) is 24.0 Å². The fourth-order valence-corrected chi connectivity index (χ4v) is 3.05. The van der Waals surface area contributed by atoms with Crippen molar-refractivity contribution >= 4 is 11.9 Å². The number of aromatic nitrogens is 1. The van der Waals surface area contributed by atoms with Crippen molar-refractivity contribution in [3.63, 3.8) is 0 Å². The smallest absolute Gasteiger partial charge is 0.416 e. The molecule has 2 aromatic rings. The van der Waals surface area contributed by atoms with Crippen LogP contribution in [0.3, 0.4) is 0 Å². The lowest BCUT2D eigenvalue weighted by atomic mass is 10.0. The maximum Gasteiger partial charge on any atom is 0.416 e. The van der Waals surface area contributed by atoms with E-state index in [-0.39, 0.29) is 24.3 Å². The molecule has 1 aromatic carbocycles. The van der Waals surface area contributed by atoms with E-state index in [4.69, 9.17) is 4.74 Å². The molecule has 0 spiro atoms. The second-order valence-electron chi connectivity index (χ2n) is 7.01. The fourth-order valence-electron chi connectivity index (χ4n) is 3.05. The number of nitrogens with zero attached hydrogens (tertiary/aromatic N) is 2. The minimum absolute atomic E-state index is 0.00597. The van der Waals surface area contributed by atoms with Gasteiger partial charge in [0.05, 0.1) is 17.9 Å². The Balaban J connectivity index is 2.01. The monoisotopic (exact) mass is 432 g/mol. The molecule has 1 fully saturated rings. The van der Waals surface area contributed by atoms with Crippen LogP contribution in [0.2, 0.25) is 0 Å². The van der Waals surface area contributed by atoms with Crippen molar-refractivity contribution in [2.24, 2.45) is 0 Å². The highest BCUT2D eigenvalue weighted by molar-refractivity contribution is 5.90. The molecule has 0 radical (unpaired) electrons. The van der Waals surface area contributed by atoms with Crippen LogP contribution in [-0.2, 0) is 15.7 Å². The molecule has 1 aliphatic heterocycles. The van der Waals surface area contributed by atoms with Crippen LogP contribution in [0.5, 0.6) is 0 Å². The molecule has 3 rings (SSSR count). The normalized spacial score (nSPS) is 18.5. The predicted octanol–water partition coefficient (Wildman–Crippen LogP) is 2.89. The van der Waals surface area contributed by atoms with Crippen molar-refractivity contribution < 1.29 is 32.6 Å². The predicted molar refractivity (Wildman–Crippen MR) is 105 cm³/mol. The van der Waals surface area contributed by atoms with Gasteiger partial charge in [0.1, 0.15) is 5.69 Å². The highest BCUT2D eigenvalue weighted by atomic mass is 19.4. The molecule has 9 heteroatoms. The van der Waals surface area contributed by atoms with E-state index in [2.05, 4.69) is 16.8 Å². The van der Waals surface area contributed by atoms with Crippen LogP contribution in [0.25, 0.3) is 11.3 Å². The lowest BCUT2D eigenvalue weighted by molar-refractivity contribution is -0.138. The van der Waals surface area contributed by atoms with Gasteiger partial charge in [0.15, 0.2) is 0 Å². The average Bonchev–Trinajstić information content (AvgIpc) is 2.99. The Morgan fingerprint density at radius 1 is 1.32 bits per heavy atom. The maximum absolute atomic E-state index is 13.3. The molecule has 1 atom stereocenters. The summed E-state index contributed by atoms with van der Waals surface area (Å²) in [6.45, 7) is 1.90. The van der Waals surface area contributed by atoms with E-state index >= 15 is 0 Å². The third-order valence-electron chi connectivity index (χ3n) is 4.72. The molecular formula is C22H19F3N2O4. The number of amides is 1. The summed E-state index contributed by atoms with van der Waals surface area (Å²) in [6, 6.07) is 7.60. The third-order valence-corrected chi connectivity index (χ3v) is 4.72. The topological polar surface area (TPSA) is 79.7 Å². The Kier molecular flexibility index (Phi) is 6.04. The number of carbonyl (C=O) groups excluding carboxylic acids is 2. The summed E-state index contributed by atoms with van der Waals surface area (Å²) in [5.74, 6) is 3.79. The van der Waals surface area contributed by atoms with E-state index < -0.39 is 34.9 Å². The lowest BCUT2D eigenvalue weighted by Gasteiger charge is -2.13. The zero-order chi connectivity index (χ0) is 22.8. The molecule has 2 heterocycles. The van der Waals surface area contributed by atoms with Crippen LogP contribution in [0.4, 0.5) is 13.2 Å². The number of likely N-dealkylation sites (tertiary alicyclic amines) is 1. The molecule has 1 amide bonds. The second kappa shape index (κ2) is 8.40. The number of hydrogen-bond acceptors (Lipinski definition) is 5. The zero-order valence-electron chi connectivity index (χ0n) is 16.8. The number of pyridine rings is 1. The largest absolute Gasteiger partial charge is 0.461 e. The minimum Gasteiger partial charge on any atom is -0.461 e. The number of halogens is 3. The number of esters is 1. The van der Waals surface area contributed by atoms with Gasteiger partial charge in [0.25, 0.3) is 5.91 Å². The van der Waals surface area contributed by atoms with Gasteiger partial charge in [-0.15, -0.1) is 0 Å². The summed E-state index contributed by atoms with van der Waals surface area (Å²) < 4.78 is 44.8. The highest BCUT2D eigenvalue weighted by Crippen LogP contribution is 2.32. The molecule has 31 heavy (non-hydrogen) atoms. The van der Waals surface area contributed by atoms with Crippen LogP contribution in [0.15, 0.2) is 36.4 Å². The molecule has 1 aromatic heterocycles. The van der Waals surface area contributed by atoms with Crippen LogP contribution >= 0.6 is 0 Å². The van der Waals surface area contributed by atoms with Gasteiger partial charge < -0.3 is 14.7 Å². The van der Waals surface area contributed by atoms with E-state index in [0.29, 0.717) is 18.2 Å². The summed E-state index contributed by atoms with van der Waals surface area (Å²) in [5.41, 5.74) is -2.73. The number of ether oxygens (including phenoxy) is 1. The molecule has 0 bridgehead atoms. The number of hydrogen-bond donors (Lipinski definition) is 1. The van der Waals surface area contributed by atoms with E-state index in [1.807, 2.05) is 0 Å². The summed E-state index contributed by atoms with van der Waals surface area (Å²) >= 11 is 0. The van der Waals surface area contributed by atoms with Crippen molar-refractivity contribution in [2.75, 3.05) is 20.2 Å². The first-order valence-electron chi connectivity index (χ1n) is 9.41. The quantitative estimate of drug-likeness (QED) is 0.596. The van der Waals surface area contributed by atoms with Crippen LogP contribution in [0.1, 0.15) is 35.0 Å². The van der Waals surface area contributed by atoms with Gasteiger partial charge in [-0.05, 0) is 31.2 Å². The van der Waals surface area contributed by atoms with Gasteiger partial charge in [0, 0.05) is 31.1 Å². The van der Waals surface area contributed by atoms with Gasteiger partial charge in [-0.2, -0.15) is 13.2 Å². The summed E-state index contributed by atoms with van der Waals surface area (Å²) in [5, 5.41) is 10.4. The number of aliphatic hydroxyl groups is 1. The van der Waals surface area contributed by atoms with E-state index in [0.717, 1.165) is 6.07 Å². The molecule has 1 aliphatic rings. The van der Waals surface area contributed by atoms with E-state index in [1.165, 1.54) is 24.0 Å². The number of alkyl halides is 3.